The molecule has 7 nitrogen and oxygen atoms in total. The smallest absolute Gasteiger partial charge is 0.198 e. The Bertz CT molecular complexity index is 1140. The number of piperidine rings is 1. The summed E-state index contributed by atoms with van der Waals surface area (Å²) in [6, 6.07) is 13.9. The van der Waals surface area contributed by atoms with Gasteiger partial charge in [-0.1, -0.05) is 18.2 Å². The standard InChI is InChI=1S/C22H24N6OS/c30-22-27(14-10-18-5-3-4-11-23-18)15-24-28(22)16-26-12-8-17(9-13-26)21-25-19-6-1-2-7-20(19)29-21/h1-7,11,15,17H,8-10,12-14,16H2. The minimum absolute atomic E-state index is 0.373. The Hall–Kier alpha value is -2.84. The third kappa shape index (κ3) is 4.06. The topological polar surface area (TPSA) is 64.9 Å². The predicted molar refractivity (Wildman–Crippen MR) is 117 cm³/mol. The molecule has 154 valence electrons. The zero-order chi connectivity index (χ0) is 20.3. The van der Waals surface area contributed by atoms with Crippen molar-refractivity contribution in [2.24, 2.45) is 0 Å². The molecule has 1 aliphatic heterocycles. The zero-order valence-corrected chi connectivity index (χ0v) is 17.5. The molecule has 3 aromatic heterocycles. The van der Waals surface area contributed by atoms with Gasteiger partial charge in [-0.15, -0.1) is 0 Å². The number of benzene rings is 1. The van der Waals surface area contributed by atoms with Crippen molar-refractivity contribution in [3.8, 4) is 0 Å². The van der Waals surface area contributed by atoms with Crippen LogP contribution in [0.4, 0.5) is 0 Å². The summed E-state index contributed by atoms with van der Waals surface area (Å²) < 4.78 is 10.7. The van der Waals surface area contributed by atoms with Crippen LogP contribution in [0.2, 0.25) is 0 Å². The number of aromatic nitrogens is 5. The highest BCUT2D eigenvalue weighted by molar-refractivity contribution is 7.71. The van der Waals surface area contributed by atoms with Crippen LogP contribution in [0.5, 0.6) is 0 Å². The lowest BCUT2D eigenvalue weighted by Gasteiger charge is -2.30. The second-order valence-electron chi connectivity index (χ2n) is 7.73. The fourth-order valence-electron chi connectivity index (χ4n) is 3.98. The maximum atomic E-state index is 5.97. The third-order valence-electron chi connectivity index (χ3n) is 5.71. The fraction of sp³-hybridized carbons (Fsp3) is 0.364. The molecule has 4 aromatic rings. The summed E-state index contributed by atoms with van der Waals surface area (Å²) in [4.78, 5) is 11.4. The van der Waals surface area contributed by atoms with Crippen LogP contribution in [0, 0.1) is 4.77 Å². The summed E-state index contributed by atoms with van der Waals surface area (Å²) >= 11 is 5.64. The van der Waals surface area contributed by atoms with Crippen molar-refractivity contribution in [1.82, 2.24) is 29.2 Å². The zero-order valence-electron chi connectivity index (χ0n) is 16.7. The molecule has 0 atom stereocenters. The molecular weight excluding hydrogens is 396 g/mol. The monoisotopic (exact) mass is 420 g/mol. The van der Waals surface area contributed by atoms with E-state index in [1.54, 1.807) is 0 Å². The lowest BCUT2D eigenvalue weighted by Crippen LogP contribution is -2.35. The van der Waals surface area contributed by atoms with Crippen LogP contribution in [0.1, 0.15) is 30.3 Å². The van der Waals surface area contributed by atoms with Gasteiger partial charge in [0.15, 0.2) is 16.2 Å². The van der Waals surface area contributed by atoms with Gasteiger partial charge in [-0.05, 0) is 49.3 Å². The van der Waals surface area contributed by atoms with Gasteiger partial charge in [-0.3, -0.25) is 9.88 Å². The highest BCUT2D eigenvalue weighted by Crippen LogP contribution is 2.30. The number of nitrogens with zero attached hydrogens (tertiary/aromatic N) is 6. The van der Waals surface area contributed by atoms with Gasteiger partial charge in [0.05, 0.1) is 6.67 Å². The molecule has 0 saturated carbocycles. The van der Waals surface area contributed by atoms with Crippen molar-refractivity contribution in [1.29, 1.82) is 0 Å². The molecule has 0 radical (unpaired) electrons. The quantitative estimate of drug-likeness (QED) is 0.439. The average Bonchev–Trinajstić information content (AvgIpc) is 3.37. The van der Waals surface area contributed by atoms with Crippen LogP contribution >= 0.6 is 12.2 Å². The van der Waals surface area contributed by atoms with E-state index in [1.165, 1.54) is 0 Å². The summed E-state index contributed by atoms with van der Waals surface area (Å²) in [6.07, 6.45) is 6.55. The lowest BCUT2D eigenvalue weighted by atomic mass is 9.97. The molecule has 0 amide bonds. The fourth-order valence-corrected chi connectivity index (χ4v) is 4.22. The molecule has 0 spiro atoms. The van der Waals surface area contributed by atoms with E-state index in [9.17, 15) is 0 Å². The highest BCUT2D eigenvalue weighted by Gasteiger charge is 2.25. The molecule has 1 aliphatic rings. The van der Waals surface area contributed by atoms with E-state index in [4.69, 9.17) is 16.6 Å². The summed E-state index contributed by atoms with van der Waals surface area (Å²) in [5.74, 6) is 1.24. The van der Waals surface area contributed by atoms with E-state index in [2.05, 4.69) is 20.0 Å². The van der Waals surface area contributed by atoms with Crippen LogP contribution in [0.15, 0.2) is 59.4 Å². The first-order valence-electron chi connectivity index (χ1n) is 10.4. The lowest BCUT2D eigenvalue weighted by molar-refractivity contribution is 0.153. The predicted octanol–water partition coefficient (Wildman–Crippen LogP) is 4.03. The number of oxazole rings is 1. The number of aryl methyl sites for hydroxylation is 2. The molecule has 1 aromatic carbocycles. The molecule has 1 fully saturated rings. The Morgan fingerprint density at radius 1 is 1.07 bits per heavy atom. The number of rotatable bonds is 6. The Morgan fingerprint density at radius 3 is 2.70 bits per heavy atom. The molecule has 4 heterocycles. The number of fused-ring (bicyclic) bond motifs is 1. The van der Waals surface area contributed by atoms with Crippen LogP contribution in [0.25, 0.3) is 11.1 Å². The summed E-state index contributed by atoms with van der Waals surface area (Å²) in [7, 11) is 0. The van der Waals surface area contributed by atoms with Gasteiger partial charge in [-0.25, -0.2) is 9.67 Å². The maximum Gasteiger partial charge on any atom is 0.198 e. The molecular formula is C22H24N6OS. The Labute approximate surface area is 180 Å². The molecule has 5 rings (SSSR count). The first-order chi connectivity index (χ1) is 14.8. The molecule has 8 heteroatoms. The number of hydrogen-bond donors (Lipinski definition) is 0. The van der Waals surface area contributed by atoms with E-state index in [1.807, 2.05) is 64.2 Å². The molecule has 0 bridgehead atoms. The minimum Gasteiger partial charge on any atom is -0.440 e. The van der Waals surface area contributed by atoms with Gasteiger partial charge in [0.2, 0.25) is 0 Å². The largest absolute Gasteiger partial charge is 0.440 e. The van der Waals surface area contributed by atoms with Gasteiger partial charge in [0.1, 0.15) is 11.8 Å². The van der Waals surface area contributed by atoms with Crippen molar-refractivity contribution >= 4 is 23.3 Å². The van der Waals surface area contributed by atoms with Gasteiger partial charge < -0.3 is 8.98 Å². The Morgan fingerprint density at radius 2 is 1.90 bits per heavy atom. The van der Waals surface area contributed by atoms with Crippen molar-refractivity contribution in [2.75, 3.05) is 13.1 Å². The van der Waals surface area contributed by atoms with Crippen LogP contribution in [0.3, 0.4) is 0 Å². The molecule has 0 aliphatic carbocycles. The molecule has 0 N–H and O–H groups in total. The number of hydrogen-bond acceptors (Lipinski definition) is 6. The highest BCUT2D eigenvalue weighted by atomic mass is 32.1. The van der Waals surface area contributed by atoms with Gasteiger partial charge >= 0.3 is 0 Å². The Balaban J connectivity index is 1.17. The summed E-state index contributed by atoms with van der Waals surface area (Å²) in [6.45, 7) is 3.46. The normalized spacial score (nSPS) is 15.7. The second-order valence-corrected chi connectivity index (χ2v) is 8.10. The van der Waals surface area contributed by atoms with Gasteiger partial charge in [0, 0.05) is 43.9 Å². The molecule has 30 heavy (non-hydrogen) atoms. The van der Waals surface area contributed by atoms with E-state index >= 15 is 0 Å². The van der Waals surface area contributed by atoms with E-state index in [0.29, 0.717) is 5.92 Å². The number of pyridine rings is 1. The first kappa shape index (κ1) is 19.1. The summed E-state index contributed by atoms with van der Waals surface area (Å²) in [5, 5.41) is 4.51. The Kier molecular flexibility index (Phi) is 5.42. The maximum absolute atomic E-state index is 5.97. The third-order valence-corrected chi connectivity index (χ3v) is 6.16. The van der Waals surface area contributed by atoms with Crippen molar-refractivity contribution in [2.45, 2.75) is 38.4 Å². The van der Waals surface area contributed by atoms with Crippen molar-refractivity contribution < 1.29 is 4.42 Å². The van der Waals surface area contributed by atoms with E-state index < -0.39 is 0 Å². The first-order valence-corrected chi connectivity index (χ1v) is 10.8. The van der Waals surface area contributed by atoms with Crippen molar-refractivity contribution in [3.05, 3.63) is 71.3 Å². The summed E-state index contributed by atoms with van der Waals surface area (Å²) in [5.41, 5.74) is 2.88. The van der Waals surface area contributed by atoms with Crippen LogP contribution < -0.4 is 0 Å². The van der Waals surface area contributed by atoms with Crippen molar-refractivity contribution in [3.63, 3.8) is 0 Å². The number of likely N-dealkylation sites (tertiary alicyclic amines) is 1. The minimum atomic E-state index is 0.373. The average molecular weight is 421 g/mol. The van der Waals surface area contributed by atoms with E-state index in [-0.39, 0.29) is 0 Å². The van der Waals surface area contributed by atoms with Gasteiger partial charge in [-0.2, -0.15) is 5.10 Å². The van der Waals surface area contributed by atoms with Crippen LogP contribution in [-0.4, -0.2) is 42.3 Å². The van der Waals surface area contributed by atoms with Gasteiger partial charge in [0.25, 0.3) is 0 Å². The SMILES string of the molecule is S=c1n(CCc2ccccn2)cnn1CN1CCC(c2nc3ccccc3o2)CC1. The molecule has 1 saturated heterocycles. The number of para-hydroxylation sites is 2. The van der Waals surface area contributed by atoms with Crippen LogP contribution in [-0.2, 0) is 19.6 Å². The second kappa shape index (κ2) is 8.49. The van der Waals surface area contributed by atoms with E-state index in [0.717, 1.165) is 73.0 Å². The molecule has 0 unspecified atom stereocenters.